The molecule has 0 radical (unpaired) electrons. The van der Waals surface area contributed by atoms with Crippen LogP contribution < -0.4 is 14.8 Å². The summed E-state index contributed by atoms with van der Waals surface area (Å²) in [5, 5.41) is 2.66. The maximum absolute atomic E-state index is 12.0. The van der Waals surface area contributed by atoms with Gasteiger partial charge < -0.3 is 10.1 Å². The van der Waals surface area contributed by atoms with Crippen molar-refractivity contribution in [2.75, 3.05) is 24.1 Å². The number of rotatable bonds is 6. The molecule has 0 spiro atoms. The van der Waals surface area contributed by atoms with Crippen molar-refractivity contribution in [3.63, 3.8) is 0 Å². The molecule has 0 heterocycles. The van der Waals surface area contributed by atoms with E-state index in [9.17, 15) is 21.6 Å². The zero-order valence-corrected chi connectivity index (χ0v) is 10.8. The number of alkyl halides is 3. The van der Waals surface area contributed by atoms with Gasteiger partial charge in [-0.2, -0.15) is 0 Å². The molecule has 0 aliphatic rings. The van der Waals surface area contributed by atoms with Crippen LogP contribution in [0.15, 0.2) is 24.3 Å². The normalized spacial score (nSPS) is 12.2. The van der Waals surface area contributed by atoms with E-state index in [4.69, 9.17) is 0 Å². The van der Waals surface area contributed by atoms with Gasteiger partial charge in [-0.25, -0.2) is 8.42 Å². The van der Waals surface area contributed by atoms with Gasteiger partial charge in [0.2, 0.25) is 10.0 Å². The molecule has 19 heavy (non-hydrogen) atoms. The van der Waals surface area contributed by atoms with E-state index in [-0.39, 0.29) is 18.0 Å². The Morgan fingerprint density at radius 3 is 2.58 bits per heavy atom. The lowest BCUT2D eigenvalue weighted by Crippen LogP contribution is -2.24. The second-order valence-corrected chi connectivity index (χ2v) is 5.44. The smallest absolute Gasteiger partial charge is 0.406 e. The molecule has 9 heteroatoms. The number of hydrogen-bond donors (Lipinski definition) is 2. The molecule has 2 N–H and O–H groups in total. The van der Waals surface area contributed by atoms with E-state index in [0.717, 1.165) is 12.1 Å². The average molecular weight is 298 g/mol. The van der Waals surface area contributed by atoms with Gasteiger partial charge in [0.1, 0.15) is 5.75 Å². The summed E-state index contributed by atoms with van der Waals surface area (Å²) in [5.41, 5.74) is 0.0119. The summed E-state index contributed by atoms with van der Waals surface area (Å²) in [6, 6.07) is 4.64. The van der Waals surface area contributed by atoms with E-state index >= 15 is 0 Å². The van der Waals surface area contributed by atoms with Gasteiger partial charge in [-0.05, 0) is 19.2 Å². The fourth-order valence-electron chi connectivity index (χ4n) is 1.22. The van der Waals surface area contributed by atoms with Crippen LogP contribution in [0.3, 0.4) is 0 Å². The maximum Gasteiger partial charge on any atom is 0.573 e. The lowest BCUT2D eigenvalue weighted by Gasteiger charge is -2.11. The quantitative estimate of drug-likeness (QED) is 0.836. The molecule has 0 aromatic heterocycles. The standard InChI is InChI=1S/C10H13F3N2O3S/c1-14-5-6-19(16,17)15-8-3-2-4-9(7-8)18-10(11,12)13/h2-4,7,14-15H,5-6H2,1H3. The SMILES string of the molecule is CNCCS(=O)(=O)Nc1cccc(OC(F)(F)F)c1. The molecular formula is C10H13F3N2O3S. The molecular weight excluding hydrogens is 285 g/mol. The highest BCUT2D eigenvalue weighted by atomic mass is 32.2. The minimum absolute atomic E-state index is 0.0119. The lowest BCUT2D eigenvalue weighted by atomic mass is 10.3. The van der Waals surface area contributed by atoms with Crippen LogP contribution in [-0.4, -0.2) is 34.1 Å². The van der Waals surface area contributed by atoms with E-state index in [2.05, 4.69) is 14.8 Å². The summed E-state index contributed by atoms with van der Waals surface area (Å²) in [6.45, 7) is 0.230. The van der Waals surface area contributed by atoms with Crippen LogP contribution in [0.2, 0.25) is 0 Å². The fourth-order valence-corrected chi connectivity index (χ4v) is 2.28. The number of anilines is 1. The Morgan fingerprint density at radius 2 is 2.00 bits per heavy atom. The average Bonchev–Trinajstić information content (AvgIpc) is 2.24. The van der Waals surface area contributed by atoms with Crippen LogP contribution in [-0.2, 0) is 10.0 Å². The van der Waals surface area contributed by atoms with Gasteiger partial charge in [0, 0.05) is 12.6 Å². The molecule has 0 bridgehead atoms. The van der Waals surface area contributed by atoms with Crippen molar-refractivity contribution < 1.29 is 26.3 Å². The Bertz CT molecular complexity index is 517. The summed E-state index contributed by atoms with van der Waals surface area (Å²) < 4.78 is 65.0. The fraction of sp³-hybridized carbons (Fsp3) is 0.400. The molecule has 0 saturated heterocycles. The summed E-state index contributed by atoms with van der Waals surface area (Å²) in [4.78, 5) is 0. The van der Waals surface area contributed by atoms with Crippen molar-refractivity contribution in [2.45, 2.75) is 6.36 Å². The third-order valence-electron chi connectivity index (χ3n) is 1.96. The molecule has 0 saturated carbocycles. The zero-order chi connectivity index (χ0) is 14.5. The summed E-state index contributed by atoms with van der Waals surface area (Å²) in [7, 11) is -2.02. The second-order valence-electron chi connectivity index (χ2n) is 3.60. The highest BCUT2D eigenvalue weighted by Crippen LogP contribution is 2.25. The molecule has 0 aliphatic carbocycles. The van der Waals surface area contributed by atoms with Gasteiger partial charge in [0.05, 0.1) is 11.4 Å². The topological polar surface area (TPSA) is 67.4 Å². The molecule has 1 aromatic carbocycles. The second kappa shape index (κ2) is 6.11. The van der Waals surface area contributed by atoms with Gasteiger partial charge in [-0.3, -0.25) is 4.72 Å². The number of halogens is 3. The molecule has 1 rings (SSSR count). The van der Waals surface area contributed by atoms with Gasteiger partial charge in [-0.1, -0.05) is 6.07 Å². The molecule has 0 atom stereocenters. The first-order valence-electron chi connectivity index (χ1n) is 5.23. The maximum atomic E-state index is 12.0. The predicted molar refractivity (Wildman–Crippen MR) is 64.5 cm³/mol. The highest BCUT2D eigenvalue weighted by molar-refractivity contribution is 7.92. The van der Waals surface area contributed by atoms with E-state index in [0.29, 0.717) is 0 Å². The van der Waals surface area contributed by atoms with Crippen molar-refractivity contribution in [3.8, 4) is 5.75 Å². The minimum atomic E-state index is -4.82. The number of hydrogen-bond acceptors (Lipinski definition) is 4. The van der Waals surface area contributed by atoms with Gasteiger partial charge in [0.25, 0.3) is 0 Å². The van der Waals surface area contributed by atoms with Gasteiger partial charge in [0.15, 0.2) is 0 Å². The highest BCUT2D eigenvalue weighted by Gasteiger charge is 2.31. The van der Waals surface area contributed by atoms with Crippen molar-refractivity contribution in [1.29, 1.82) is 0 Å². The zero-order valence-electron chi connectivity index (χ0n) is 9.99. The number of benzene rings is 1. The van der Waals surface area contributed by atoms with Crippen LogP contribution in [0.5, 0.6) is 5.75 Å². The van der Waals surface area contributed by atoms with E-state index in [1.54, 1.807) is 7.05 Å². The van der Waals surface area contributed by atoms with Gasteiger partial charge >= 0.3 is 6.36 Å². The van der Waals surface area contributed by atoms with Crippen molar-refractivity contribution in [3.05, 3.63) is 24.3 Å². The van der Waals surface area contributed by atoms with Crippen LogP contribution in [0.4, 0.5) is 18.9 Å². The summed E-state index contributed by atoms with van der Waals surface area (Å²) >= 11 is 0. The molecule has 1 aromatic rings. The monoisotopic (exact) mass is 298 g/mol. The Balaban J connectivity index is 2.77. The van der Waals surface area contributed by atoms with Crippen LogP contribution >= 0.6 is 0 Å². The first-order valence-corrected chi connectivity index (χ1v) is 6.88. The van der Waals surface area contributed by atoms with Crippen LogP contribution in [0.25, 0.3) is 0 Å². The van der Waals surface area contributed by atoms with E-state index < -0.39 is 22.1 Å². The Labute approximate surface area is 108 Å². The van der Waals surface area contributed by atoms with E-state index in [1.807, 2.05) is 0 Å². The number of nitrogens with one attached hydrogen (secondary N) is 2. The third-order valence-corrected chi connectivity index (χ3v) is 3.25. The molecule has 0 aliphatic heterocycles. The first-order chi connectivity index (χ1) is 8.72. The van der Waals surface area contributed by atoms with Crippen molar-refractivity contribution in [2.24, 2.45) is 0 Å². The number of sulfonamides is 1. The lowest BCUT2D eigenvalue weighted by molar-refractivity contribution is -0.274. The molecule has 5 nitrogen and oxygen atoms in total. The summed E-state index contributed by atoms with van der Waals surface area (Å²) in [5.74, 6) is -0.672. The van der Waals surface area contributed by atoms with Gasteiger partial charge in [-0.15, -0.1) is 13.2 Å². The first kappa shape index (κ1) is 15.6. The minimum Gasteiger partial charge on any atom is -0.406 e. The van der Waals surface area contributed by atoms with Crippen molar-refractivity contribution in [1.82, 2.24) is 5.32 Å². The van der Waals surface area contributed by atoms with E-state index in [1.165, 1.54) is 12.1 Å². The molecule has 108 valence electrons. The largest absolute Gasteiger partial charge is 0.573 e. The molecule has 0 fully saturated rings. The van der Waals surface area contributed by atoms with Crippen LogP contribution in [0.1, 0.15) is 0 Å². The summed E-state index contributed by atoms with van der Waals surface area (Å²) in [6.07, 6.45) is -4.82. The van der Waals surface area contributed by atoms with Crippen molar-refractivity contribution >= 4 is 15.7 Å². The predicted octanol–water partition coefficient (Wildman–Crippen LogP) is 1.55. The molecule has 0 unspecified atom stereocenters. The Hall–Kier alpha value is -1.48. The molecule has 0 amide bonds. The van der Waals surface area contributed by atoms with Crippen LogP contribution in [0, 0.1) is 0 Å². The Morgan fingerprint density at radius 1 is 1.32 bits per heavy atom. The number of ether oxygens (including phenoxy) is 1. The Kier molecular flexibility index (Phi) is 5.01. The third kappa shape index (κ3) is 6.30.